The summed E-state index contributed by atoms with van der Waals surface area (Å²) in [6.45, 7) is 5.51. The molecule has 0 aromatic carbocycles. The summed E-state index contributed by atoms with van der Waals surface area (Å²) < 4.78 is 0. The highest BCUT2D eigenvalue weighted by Gasteiger charge is 2.30. The van der Waals surface area contributed by atoms with E-state index in [-0.39, 0.29) is 6.04 Å². The van der Waals surface area contributed by atoms with E-state index < -0.39 is 0 Å². The van der Waals surface area contributed by atoms with E-state index in [1.807, 2.05) is 6.07 Å². The first kappa shape index (κ1) is 14.6. The number of rotatable bonds is 5. The molecule has 2 rings (SSSR count). The lowest BCUT2D eigenvalue weighted by Crippen LogP contribution is -2.29. The van der Waals surface area contributed by atoms with E-state index in [1.165, 1.54) is 19.3 Å². The molecule has 3 nitrogen and oxygen atoms in total. The van der Waals surface area contributed by atoms with Crippen molar-refractivity contribution in [3.05, 3.63) is 22.8 Å². The van der Waals surface area contributed by atoms with Crippen LogP contribution in [0, 0.1) is 11.8 Å². The third kappa shape index (κ3) is 3.61. The maximum absolute atomic E-state index is 6.08. The second-order valence-electron chi connectivity index (χ2n) is 5.74. The van der Waals surface area contributed by atoms with Gasteiger partial charge in [-0.15, -0.1) is 0 Å². The lowest BCUT2D eigenvalue weighted by Gasteiger charge is -2.26. The molecular weight excluding hydrogens is 258 g/mol. The van der Waals surface area contributed by atoms with Crippen LogP contribution in [-0.2, 0) is 0 Å². The molecule has 1 fully saturated rings. The van der Waals surface area contributed by atoms with Crippen molar-refractivity contribution in [2.75, 3.05) is 12.3 Å². The van der Waals surface area contributed by atoms with Gasteiger partial charge in [0.25, 0.3) is 0 Å². The molecule has 0 spiro atoms. The molecule has 1 heterocycles. The third-order valence-electron chi connectivity index (χ3n) is 4.07. The Bertz CT molecular complexity index is 422. The Morgan fingerprint density at radius 3 is 2.95 bits per heavy atom. The van der Waals surface area contributed by atoms with Crippen molar-refractivity contribution in [1.29, 1.82) is 0 Å². The molecule has 3 N–H and O–H groups in total. The Balaban J connectivity index is 2.23. The molecule has 1 aromatic heterocycles. The van der Waals surface area contributed by atoms with Crippen LogP contribution >= 0.6 is 11.6 Å². The lowest BCUT2D eigenvalue weighted by molar-refractivity contribution is 0.359. The summed E-state index contributed by atoms with van der Waals surface area (Å²) in [4.78, 5) is 4.20. The van der Waals surface area contributed by atoms with Crippen LogP contribution in [0.25, 0.3) is 0 Å². The molecule has 0 bridgehead atoms. The van der Waals surface area contributed by atoms with E-state index >= 15 is 0 Å². The van der Waals surface area contributed by atoms with Crippen molar-refractivity contribution in [2.45, 2.75) is 45.6 Å². The number of nitrogens with zero attached hydrogens (tertiary/aromatic N) is 1. The van der Waals surface area contributed by atoms with E-state index in [9.17, 15) is 0 Å². The lowest BCUT2D eigenvalue weighted by atomic mass is 9.91. The van der Waals surface area contributed by atoms with Crippen molar-refractivity contribution in [3.63, 3.8) is 0 Å². The molecule has 19 heavy (non-hydrogen) atoms. The van der Waals surface area contributed by atoms with Crippen molar-refractivity contribution >= 4 is 17.4 Å². The van der Waals surface area contributed by atoms with E-state index in [1.54, 1.807) is 6.20 Å². The van der Waals surface area contributed by atoms with Crippen LogP contribution in [0.4, 0.5) is 5.82 Å². The number of aromatic nitrogens is 1. The normalized spacial score (nSPS) is 24.6. The smallest absolute Gasteiger partial charge is 0.128 e. The van der Waals surface area contributed by atoms with Crippen molar-refractivity contribution in [2.24, 2.45) is 11.8 Å². The van der Waals surface area contributed by atoms with Crippen LogP contribution < -0.4 is 11.1 Å². The molecule has 0 saturated heterocycles. The summed E-state index contributed by atoms with van der Waals surface area (Å²) in [6.07, 6.45) is 6.56. The minimum absolute atomic E-state index is 0.288. The average Bonchev–Trinajstić information content (AvgIpc) is 2.80. The zero-order valence-corrected chi connectivity index (χ0v) is 12.6. The first-order valence-electron chi connectivity index (χ1n) is 7.26. The summed E-state index contributed by atoms with van der Waals surface area (Å²) in [6, 6.07) is 2.26. The number of hydrogen-bond acceptors (Lipinski definition) is 3. The fourth-order valence-electron chi connectivity index (χ4n) is 3.10. The van der Waals surface area contributed by atoms with Gasteiger partial charge in [0.05, 0.1) is 5.02 Å². The second kappa shape index (κ2) is 6.58. The van der Waals surface area contributed by atoms with Crippen LogP contribution in [-0.4, -0.2) is 11.5 Å². The van der Waals surface area contributed by atoms with E-state index in [0.29, 0.717) is 16.8 Å². The monoisotopic (exact) mass is 281 g/mol. The second-order valence-corrected chi connectivity index (χ2v) is 6.17. The van der Waals surface area contributed by atoms with Crippen LogP contribution in [0.1, 0.15) is 51.1 Å². The van der Waals surface area contributed by atoms with Crippen LogP contribution in [0.15, 0.2) is 12.3 Å². The van der Waals surface area contributed by atoms with Crippen LogP contribution in [0.2, 0.25) is 5.02 Å². The minimum Gasteiger partial charge on any atom is -0.383 e. The van der Waals surface area contributed by atoms with Gasteiger partial charge in [-0.3, -0.25) is 0 Å². The zero-order valence-electron chi connectivity index (χ0n) is 11.8. The quantitative estimate of drug-likeness (QED) is 0.863. The highest BCUT2D eigenvalue weighted by Crippen LogP contribution is 2.40. The first-order valence-corrected chi connectivity index (χ1v) is 7.64. The van der Waals surface area contributed by atoms with Crippen molar-refractivity contribution in [3.8, 4) is 0 Å². The van der Waals surface area contributed by atoms with Gasteiger partial charge in [0.1, 0.15) is 5.82 Å². The molecule has 3 unspecified atom stereocenters. The number of hydrogen-bond donors (Lipinski definition) is 2. The molecule has 0 radical (unpaired) electrons. The van der Waals surface area contributed by atoms with Gasteiger partial charge in [0.15, 0.2) is 0 Å². The molecule has 0 aliphatic heterocycles. The SMILES string of the molecule is CCCNC(c1cc(Cl)cnc1N)C1CCC(C)C1. The number of pyridine rings is 1. The molecule has 0 amide bonds. The summed E-state index contributed by atoms with van der Waals surface area (Å²) in [5.74, 6) is 2.06. The topological polar surface area (TPSA) is 50.9 Å². The largest absolute Gasteiger partial charge is 0.383 e. The molecule has 106 valence electrons. The van der Waals surface area contributed by atoms with Crippen molar-refractivity contribution < 1.29 is 0 Å². The van der Waals surface area contributed by atoms with Gasteiger partial charge in [0.2, 0.25) is 0 Å². The summed E-state index contributed by atoms with van der Waals surface area (Å²) in [7, 11) is 0. The Kier molecular flexibility index (Phi) is 5.06. The van der Waals surface area contributed by atoms with Gasteiger partial charge < -0.3 is 11.1 Å². The maximum atomic E-state index is 6.08. The Morgan fingerprint density at radius 1 is 1.53 bits per heavy atom. The number of nitrogen functional groups attached to an aromatic ring is 1. The highest BCUT2D eigenvalue weighted by atomic mass is 35.5. The number of halogens is 1. The third-order valence-corrected chi connectivity index (χ3v) is 4.28. The van der Waals surface area contributed by atoms with Crippen molar-refractivity contribution in [1.82, 2.24) is 10.3 Å². The molecule has 4 heteroatoms. The van der Waals surface area contributed by atoms with Crippen LogP contribution in [0.3, 0.4) is 0 Å². The predicted molar refractivity (Wildman–Crippen MR) is 81.2 cm³/mol. The molecule has 1 saturated carbocycles. The standard InChI is InChI=1S/C15H24ClN3/c1-3-6-18-14(11-5-4-10(2)7-11)13-8-12(16)9-19-15(13)17/h8-11,14,18H,3-7H2,1-2H3,(H2,17,19). The fraction of sp³-hybridized carbons (Fsp3) is 0.667. The highest BCUT2D eigenvalue weighted by molar-refractivity contribution is 6.30. The summed E-state index contributed by atoms with van der Waals surface area (Å²) in [5.41, 5.74) is 7.12. The molecule has 3 atom stereocenters. The average molecular weight is 282 g/mol. The Morgan fingerprint density at radius 2 is 2.32 bits per heavy atom. The van der Waals surface area contributed by atoms with Gasteiger partial charge in [-0.2, -0.15) is 0 Å². The Hall–Kier alpha value is -0.800. The maximum Gasteiger partial charge on any atom is 0.128 e. The molecule has 1 aliphatic rings. The molecule has 1 aromatic rings. The number of nitrogens with two attached hydrogens (primary N) is 1. The van der Waals surface area contributed by atoms with E-state index in [2.05, 4.69) is 24.1 Å². The van der Waals surface area contributed by atoms with E-state index in [4.69, 9.17) is 17.3 Å². The number of nitrogens with one attached hydrogen (secondary N) is 1. The zero-order chi connectivity index (χ0) is 13.8. The van der Waals surface area contributed by atoms with Gasteiger partial charge in [-0.25, -0.2) is 4.98 Å². The van der Waals surface area contributed by atoms with Gasteiger partial charge in [-0.05, 0) is 43.7 Å². The van der Waals surface area contributed by atoms with Gasteiger partial charge in [0, 0.05) is 17.8 Å². The summed E-state index contributed by atoms with van der Waals surface area (Å²) >= 11 is 6.08. The molecule has 1 aliphatic carbocycles. The summed E-state index contributed by atoms with van der Waals surface area (Å²) in [5, 5.41) is 4.30. The predicted octanol–water partition coefficient (Wildman–Crippen LogP) is 3.79. The van der Waals surface area contributed by atoms with Crippen LogP contribution in [0.5, 0.6) is 0 Å². The fourth-order valence-corrected chi connectivity index (χ4v) is 3.27. The first-order chi connectivity index (χ1) is 9.11. The van der Waals surface area contributed by atoms with Gasteiger partial charge in [-0.1, -0.05) is 31.9 Å². The van der Waals surface area contributed by atoms with E-state index in [0.717, 1.165) is 24.4 Å². The van der Waals surface area contributed by atoms with Gasteiger partial charge >= 0.3 is 0 Å². The Labute approximate surface area is 120 Å². The minimum atomic E-state index is 0.288. The number of anilines is 1. The molecular formula is C15H24ClN3.